The molecule has 1 saturated heterocycles. The van der Waals surface area contributed by atoms with Crippen molar-refractivity contribution in [2.75, 3.05) is 28.7 Å². The lowest BCUT2D eigenvalue weighted by atomic mass is 10.0. The Morgan fingerprint density at radius 3 is 2.40 bits per heavy atom. The number of nitrogens with zero attached hydrogens (tertiary/aromatic N) is 3. The molecule has 8 heteroatoms. The molecule has 2 aliphatic heterocycles. The van der Waals surface area contributed by atoms with Gasteiger partial charge in [-0.05, 0) is 37.1 Å². The molecule has 3 heterocycles. The molecule has 4 rings (SSSR count). The van der Waals surface area contributed by atoms with Crippen LogP contribution in [0.15, 0.2) is 47.1 Å². The number of amides is 1. The van der Waals surface area contributed by atoms with Crippen LogP contribution in [-0.2, 0) is 10.2 Å². The van der Waals surface area contributed by atoms with Gasteiger partial charge in [0.2, 0.25) is 0 Å². The number of rotatable bonds is 2. The number of furan rings is 1. The van der Waals surface area contributed by atoms with E-state index in [-0.39, 0.29) is 11.9 Å². The van der Waals surface area contributed by atoms with E-state index in [1.54, 1.807) is 24.1 Å². The van der Waals surface area contributed by atoms with Gasteiger partial charge in [-0.25, -0.2) is 4.31 Å². The number of carbonyl (C=O) groups excluding carboxylic acids is 1. The third-order valence-electron chi connectivity index (χ3n) is 4.87. The van der Waals surface area contributed by atoms with E-state index >= 15 is 0 Å². The van der Waals surface area contributed by atoms with Crippen LogP contribution in [0.25, 0.3) is 0 Å². The Kier molecular flexibility index (Phi) is 3.72. The molecule has 2 aromatic rings. The molecule has 1 fully saturated rings. The summed E-state index contributed by atoms with van der Waals surface area (Å²) in [6, 6.07) is 10.5. The first-order valence-corrected chi connectivity index (χ1v) is 9.60. The number of likely N-dealkylation sites (tertiary alicyclic amines) is 1. The van der Waals surface area contributed by atoms with Crippen molar-refractivity contribution in [3.63, 3.8) is 0 Å². The van der Waals surface area contributed by atoms with Crippen LogP contribution in [0.2, 0.25) is 0 Å². The highest BCUT2D eigenvalue weighted by atomic mass is 32.2. The van der Waals surface area contributed by atoms with E-state index in [4.69, 9.17) is 4.42 Å². The summed E-state index contributed by atoms with van der Waals surface area (Å²) in [5, 5.41) is 0. The maximum Gasteiger partial charge on any atom is 0.326 e. The Balaban J connectivity index is 1.54. The standard InChI is InChI=1S/C17H19N3O4S/c1-18-14-5-2-3-6-15(14)20(25(18,22)23)13-8-10-19(11-9-13)17(21)16-7-4-12-24-16/h2-7,12-13H,8-11H2,1H3. The largest absolute Gasteiger partial charge is 0.459 e. The molecule has 25 heavy (non-hydrogen) atoms. The molecule has 1 aromatic carbocycles. The molecule has 0 bridgehead atoms. The zero-order chi connectivity index (χ0) is 17.6. The van der Waals surface area contributed by atoms with Crippen molar-refractivity contribution in [2.45, 2.75) is 18.9 Å². The van der Waals surface area contributed by atoms with E-state index in [9.17, 15) is 13.2 Å². The zero-order valence-electron chi connectivity index (χ0n) is 13.8. The highest BCUT2D eigenvalue weighted by Gasteiger charge is 2.43. The number of benzene rings is 1. The van der Waals surface area contributed by atoms with Crippen molar-refractivity contribution in [2.24, 2.45) is 0 Å². The van der Waals surface area contributed by atoms with Crippen LogP contribution in [0.1, 0.15) is 23.4 Å². The summed E-state index contributed by atoms with van der Waals surface area (Å²) in [6.07, 6.45) is 2.66. The van der Waals surface area contributed by atoms with Gasteiger partial charge in [0, 0.05) is 20.1 Å². The van der Waals surface area contributed by atoms with Gasteiger partial charge in [-0.3, -0.25) is 9.10 Å². The van der Waals surface area contributed by atoms with Crippen molar-refractivity contribution in [1.82, 2.24) is 4.90 Å². The maximum atomic E-state index is 12.8. The minimum Gasteiger partial charge on any atom is -0.459 e. The van der Waals surface area contributed by atoms with Gasteiger partial charge in [-0.1, -0.05) is 12.1 Å². The summed E-state index contributed by atoms with van der Waals surface area (Å²) in [7, 11) is -1.99. The molecule has 0 unspecified atom stereocenters. The number of fused-ring (bicyclic) bond motifs is 1. The first kappa shape index (κ1) is 16.0. The topological polar surface area (TPSA) is 74.1 Å². The van der Waals surface area contributed by atoms with Gasteiger partial charge in [0.15, 0.2) is 5.76 Å². The minimum atomic E-state index is -3.56. The van der Waals surface area contributed by atoms with Crippen molar-refractivity contribution in [1.29, 1.82) is 0 Å². The number of piperidine rings is 1. The van der Waals surface area contributed by atoms with Crippen LogP contribution < -0.4 is 8.61 Å². The average Bonchev–Trinajstić information content (AvgIpc) is 3.22. The van der Waals surface area contributed by atoms with Crippen molar-refractivity contribution >= 4 is 27.5 Å². The normalized spacial score (nSPS) is 20.0. The van der Waals surface area contributed by atoms with Crippen LogP contribution in [0, 0.1) is 0 Å². The van der Waals surface area contributed by atoms with Crippen molar-refractivity contribution in [3.8, 4) is 0 Å². The second kappa shape index (κ2) is 5.80. The van der Waals surface area contributed by atoms with Gasteiger partial charge >= 0.3 is 10.2 Å². The van der Waals surface area contributed by atoms with E-state index in [1.165, 1.54) is 14.9 Å². The molecule has 1 amide bonds. The van der Waals surface area contributed by atoms with E-state index in [2.05, 4.69) is 0 Å². The smallest absolute Gasteiger partial charge is 0.326 e. The molecule has 0 atom stereocenters. The van der Waals surface area contributed by atoms with E-state index in [1.807, 2.05) is 24.3 Å². The summed E-state index contributed by atoms with van der Waals surface area (Å²) in [6.45, 7) is 1.00. The summed E-state index contributed by atoms with van der Waals surface area (Å²) >= 11 is 0. The lowest BCUT2D eigenvalue weighted by molar-refractivity contribution is 0.0683. The monoisotopic (exact) mass is 361 g/mol. The molecule has 0 saturated carbocycles. The Morgan fingerprint density at radius 2 is 1.76 bits per heavy atom. The second-order valence-electron chi connectivity index (χ2n) is 6.26. The van der Waals surface area contributed by atoms with E-state index in [0.717, 1.165) is 0 Å². The number of hydrogen-bond acceptors (Lipinski definition) is 4. The van der Waals surface area contributed by atoms with Crippen LogP contribution in [0.5, 0.6) is 0 Å². The van der Waals surface area contributed by atoms with Gasteiger partial charge in [-0.2, -0.15) is 8.42 Å². The molecular weight excluding hydrogens is 342 g/mol. The molecule has 2 aliphatic rings. The van der Waals surface area contributed by atoms with Gasteiger partial charge in [-0.15, -0.1) is 0 Å². The van der Waals surface area contributed by atoms with Crippen molar-refractivity contribution < 1.29 is 17.6 Å². The van der Waals surface area contributed by atoms with Gasteiger partial charge in [0.1, 0.15) is 0 Å². The molecule has 1 aromatic heterocycles. The Morgan fingerprint density at radius 1 is 1.08 bits per heavy atom. The molecule has 0 radical (unpaired) electrons. The fourth-order valence-electron chi connectivity index (χ4n) is 3.54. The molecule has 0 aliphatic carbocycles. The van der Waals surface area contributed by atoms with E-state index in [0.29, 0.717) is 43.1 Å². The Hall–Kier alpha value is -2.48. The first-order chi connectivity index (χ1) is 12.0. The third-order valence-corrected chi connectivity index (χ3v) is 6.75. The highest BCUT2D eigenvalue weighted by molar-refractivity contribution is 7.94. The van der Waals surface area contributed by atoms with Gasteiger partial charge in [0.05, 0.1) is 23.7 Å². The predicted octanol–water partition coefficient (Wildman–Crippen LogP) is 2.09. The van der Waals surface area contributed by atoms with Crippen LogP contribution in [-0.4, -0.2) is 45.4 Å². The van der Waals surface area contributed by atoms with Crippen LogP contribution in [0.3, 0.4) is 0 Å². The SMILES string of the molecule is CN1c2ccccc2N(C2CCN(C(=O)c3ccco3)CC2)S1(=O)=O. The Labute approximate surface area is 146 Å². The number of carbonyl (C=O) groups is 1. The number of anilines is 2. The predicted molar refractivity (Wildman–Crippen MR) is 93.9 cm³/mol. The number of hydrogen-bond donors (Lipinski definition) is 0. The third kappa shape index (κ3) is 2.48. The summed E-state index contributed by atoms with van der Waals surface area (Å²) in [5.74, 6) is 0.169. The minimum absolute atomic E-state index is 0.148. The Bertz CT molecular complexity index is 886. The zero-order valence-corrected chi connectivity index (χ0v) is 14.6. The van der Waals surface area contributed by atoms with Crippen LogP contribution >= 0.6 is 0 Å². The maximum absolute atomic E-state index is 12.8. The molecule has 7 nitrogen and oxygen atoms in total. The average molecular weight is 361 g/mol. The molecule has 132 valence electrons. The second-order valence-corrected chi connectivity index (χ2v) is 8.10. The van der Waals surface area contributed by atoms with Crippen LogP contribution in [0.4, 0.5) is 11.4 Å². The first-order valence-electron chi connectivity index (χ1n) is 8.20. The number of para-hydroxylation sites is 2. The summed E-state index contributed by atoms with van der Waals surface area (Å²) < 4.78 is 33.6. The van der Waals surface area contributed by atoms with Gasteiger partial charge < -0.3 is 9.32 Å². The molecule has 0 spiro atoms. The van der Waals surface area contributed by atoms with Gasteiger partial charge in [0.25, 0.3) is 5.91 Å². The lowest BCUT2D eigenvalue weighted by Crippen LogP contribution is -2.49. The molecular formula is C17H19N3O4S. The fraction of sp³-hybridized carbons (Fsp3) is 0.353. The summed E-state index contributed by atoms with van der Waals surface area (Å²) in [4.78, 5) is 14.1. The van der Waals surface area contributed by atoms with E-state index < -0.39 is 10.2 Å². The molecule has 0 N–H and O–H groups in total. The van der Waals surface area contributed by atoms with Crippen molar-refractivity contribution in [3.05, 3.63) is 48.4 Å². The summed E-state index contributed by atoms with van der Waals surface area (Å²) in [5.41, 5.74) is 1.40. The lowest BCUT2D eigenvalue weighted by Gasteiger charge is -2.36. The quantitative estimate of drug-likeness (QED) is 0.821. The fourth-order valence-corrected chi connectivity index (χ4v) is 5.20. The highest BCUT2D eigenvalue weighted by Crippen LogP contribution is 2.42.